The van der Waals surface area contributed by atoms with Crippen molar-refractivity contribution in [3.05, 3.63) is 42.2 Å². The number of amides is 1. The fraction of sp³-hybridized carbons (Fsp3) is 0.440. The van der Waals surface area contributed by atoms with Crippen molar-refractivity contribution < 1.29 is 49.4 Å². The number of pyridine rings is 1. The molecule has 2 fully saturated rings. The Bertz CT molecular complexity index is 1700. The summed E-state index contributed by atoms with van der Waals surface area (Å²) in [6, 6.07) is 5.16. The van der Waals surface area contributed by atoms with Gasteiger partial charge in [-0.2, -0.15) is 18.4 Å². The molecule has 16 heteroatoms. The van der Waals surface area contributed by atoms with Crippen LogP contribution in [-0.2, 0) is 40.2 Å². The number of carbonyl (C=O) groups excluding carboxylic acids is 1. The van der Waals surface area contributed by atoms with Gasteiger partial charge in [-0.25, -0.2) is 16.8 Å². The monoisotopic (exact) mass is 615 g/mol. The summed E-state index contributed by atoms with van der Waals surface area (Å²) in [5.41, 5.74) is -0.322. The van der Waals surface area contributed by atoms with Crippen LogP contribution in [0.25, 0.3) is 11.1 Å². The minimum atomic E-state index is -5.18. The first-order valence-corrected chi connectivity index (χ1v) is 15.4. The molecule has 0 aliphatic heterocycles. The highest BCUT2D eigenvalue weighted by Crippen LogP contribution is 2.66. The van der Waals surface area contributed by atoms with E-state index < -0.39 is 89.1 Å². The molecule has 2 aromatic rings. The van der Waals surface area contributed by atoms with Crippen LogP contribution in [0.4, 0.5) is 13.2 Å². The van der Waals surface area contributed by atoms with Crippen molar-refractivity contribution in [1.29, 1.82) is 5.26 Å². The fourth-order valence-electron chi connectivity index (χ4n) is 5.80. The Hall–Kier alpha value is -3.55. The van der Waals surface area contributed by atoms with Gasteiger partial charge in [0.25, 0.3) is 0 Å². The van der Waals surface area contributed by atoms with Crippen LogP contribution in [0.2, 0.25) is 0 Å². The van der Waals surface area contributed by atoms with E-state index in [0.29, 0.717) is 6.07 Å². The van der Waals surface area contributed by atoms with Crippen LogP contribution in [0.5, 0.6) is 0 Å². The summed E-state index contributed by atoms with van der Waals surface area (Å²) >= 11 is 0. The lowest BCUT2D eigenvalue weighted by Crippen LogP contribution is -2.44. The second-order valence-electron chi connectivity index (χ2n) is 10.3. The number of nitrogens with two attached hydrogens (primary N) is 1. The summed E-state index contributed by atoms with van der Waals surface area (Å²) in [6.07, 6.45) is -4.99. The van der Waals surface area contributed by atoms with Crippen molar-refractivity contribution >= 4 is 31.6 Å². The van der Waals surface area contributed by atoms with Crippen molar-refractivity contribution in [2.75, 3.05) is 13.4 Å². The van der Waals surface area contributed by atoms with Crippen molar-refractivity contribution in [2.45, 2.75) is 46.6 Å². The number of carbonyl (C=O) groups is 2. The molecular weight excluding hydrogens is 591 g/mol. The van der Waals surface area contributed by atoms with E-state index in [1.54, 1.807) is 6.07 Å². The van der Waals surface area contributed by atoms with Gasteiger partial charge in [0.15, 0.2) is 19.7 Å². The van der Waals surface area contributed by atoms with Crippen LogP contribution in [0.3, 0.4) is 0 Å². The Morgan fingerprint density at radius 2 is 1.80 bits per heavy atom. The molecule has 5 atom stereocenters. The Morgan fingerprint density at radius 1 is 1.15 bits per heavy atom. The summed E-state index contributed by atoms with van der Waals surface area (Å²) < 4.78 is 99.2. The summed E-state index contributed by atoms with van der Waals surface area (Å²) in [6.45, 7) is 0. The summed E-state index contributed by atoms with van der Waals surface area (Å²) in [4.78, 5) is 27.0. The first kappa shape index (κ1) is 30.4. The maximum Gasteiger partial charge on any atom is 0.417 e. The molecule has 2 aliphatic carbocycles. The molecule has 1 amide bonds. The van der Waals surface area contributed by atoms with Crippen molar-refractivity contribution in [3.8, 4) is 17.2 Å². The number of primary amides is 1. The summed E-state index contributed by atoms with van der Waals surface area (Å²) in [5.74, 6) is -3.86. The van der Waals surface area contributed by atoms with Crippen LogP contribution >= 0.6 is 0 Å². The van der Waals surface area contributed by atoms with Crippen LogP contribution in [0, 0.1) is 28.1 Å². The molecule has 11 nitrogen and oxygen atoms in total. The molecule has 0 radical (unpaired) electrons. The van der Waals surface area contributed by atoms with Gasteiger partial charge in [0.1, 0.15) is 10.8 Å². The van der Waals surface area contributed by atoms with Gasteiger partial charge < -0.3 is 15.6 Å². The van der Waals surface area contributed by atoms with Gasteiger partial charge in [-0.1, -0.05) is 6.07 Å². The molecule has 41 heavy (non-hydrogen) atoms. The predicted molar refractivity (Wildman–Crippen MR) is 134 cm³/mol. The lowest BCUT2D eigenvalue weighted by molar-refractivity contribution is -0.159. The number of methoxy groups -OCH3 is 1. The lowest BCUT2D eigenvalue weighted by Gasteiger charge is -2.31. The zero-order chi connectivity index (χ0) is 30.8. The number of rotatable bonds is 8. The van der Waals surface area contributed by atoms with Crippen LogP contribution < -0.4 is 5.73 Å². The van der Waals surface area contributed by atoms with Gasteiger partial charge in [0.2, 0.25) is 5.91 Å². The van der Waals surface area contributed by atoms with Crippen molar-refractivity contribution in [1.82, 2.24) is 4.98 Å². The van der Waals surface area contributed by atoms with Crippen LogP contribution in [-0.4, -0.2) is 63.5 Å². The number of hydrogen-bond donors (Lipinski definition) is 2. The smallest absolute Gasteiger partial charge is 0.417 e. The third kappa shape index (κ3) is 4.85. The van der Waals surface area contributed by atoms with Gasteiger partial charge >= 0.3 is 12.1 Å². The number of halogens is 3. The van der Waals surface area contributed by atoms with Gasteiger partial charge in [-0.05, 0) is 43.0 Å². The van der Waals surface area contributed by atoms with E-state index in [1.165, 1.54) is 0 Å². The van der Waals surface area contributed by atoms with E-state index in [4.69, 9.17) is 10.5 Å². The summed E-state index contributed by atoms with van der Waals surface area (Å²) in [7, 11) is -7.52. The zero-order valence-electron chi connectivity index (χ0n) is 21.5. The third-order valence-corrected chi connectivity index (χ3v) is 11.3. The van der Waals surface area contributed by atoms with E-state index in [0.717, 1.165) is 44.0 Å². The number of nitrogens with zero attached hydrogens (tertiary/aromatic N) is 2. The van der Waals surface area contributed by atoms with Crippen molar-refractivity contribution in [3.63, 3.8) is 0 Å². The summed E-state index contributed by atoms with van der Waals surface area (Å²) in [5, 5.41) is 18.1. The Labute approximate surface area is 233 Å². The average Bonchev–Trinajstić information content (AvgIpc) is 3.52. The minimum Gasteiger partial charge on any atom is -0.481 e. The molecule has 2 saturated carbocycles. The number of hydrogen-bond acceptors (Lipinski definition) is 9. The largest absolute Gasteiger partial charge is 0.481 e. The Morgan fingerprint density at radius 3 is 2.29 bits per heavy atom. The van der Waals surface area contributed by atoms with Gasteiger partial charge in [0.05, 0.1) is 32.8 Å². The van der Waals surface area contributed by atoms with E-state index in [9.17, 15) is 50.0 Å². The third-order valence-electron chi connectivity index (χ3n) is 8.03. The van der Waals surface area contributed by atoms with Crippen LogP contribution in [0.1, 0.15) is 24.8 Å². The molecule has 1 aromatic carbocycles. The molecule has 2 unspecified atom stereocenters. The lowest BCUT2D eigenvalue weighted by atomic mass is 9.75. The Kier molecular flexibility index (Phi) is 7.25. The molecular formula is C25H24F3N3O8S2. The van der Waals surface area contributed by atoms with Gasteiger partial charge in [-0.15, -0.1) is 0 Å². The van der Waals surface area contributed by atoms with E-state index in [1.807, 2.05) is 0 Å². The highest BCUT2D eigenvalue weighted by molar-refractivity contribution is 7.92. The second-order valence-corrected chi connectivity index (χ2v) is 14.5. The number of nitriles is 1. The van der Waals surface area contributed by atoms with Crippen LogP contribution in [0.15, 0.2) is 46.5 Å². The number of sulfone groups is 2. The molecule has 0 bridgehead atoms. The molecule has 0 spiro atoms. The number of carboxylic acids is 1. The fourth-order valence-corrected chi connectivity index (χ4v) is 8.41. The van der Waals surface area contributed by atoms with E-state index >= 15 is 0 Å². The van der Waals surface area contributed by atoms with Gasteiger partial charge in [0, 0.05) is 37.2 Å². The maximum absolute atomic E-state index is 14.2. The highest BCUT2D eigenvalue weighted by atomic mass is 32.2. The Balaban J connectivity index is 1.81. The molecule has 2 aliphatic rings. The minimum absolute atomic E-state index is 0.0133. The number of benzene rings is 1. The topological polar surface area (TPSA) is 195 Å². The number of aliphatic carboxylic acids is 1. The van der Waals surface area contributed by atoms with Gasteiger partial charge in [-0.3, -0.25) is 14.6 Å². The molecule has 0 saturated heterocycles. The average molecular weight is 616 g/mol. The molecule has 1 aromatic heterocycles. The van der Waals surface area contributed by atoms with E-state index in [2.05, 4.69) is 4.98 Å². The quantitative estimate of drug-likeness (QED) is 0.444. The molecule has 3 N–H and O–H groups in total. The zero-order valence-corrected chi connectivity index (χ0v) is 23.2. The number of aromatic nitrogens is 1. The normalized spacial score (nSPS) is 28.1. The van der Waals surface area contributed by atoms with E-state index in [-0.39, 0.29) is 22.4 Å². The molecule has 4 rings (SSSR count). The number of ether oxygens (including phenoxy) is 1. The first-order chi connectivity index (χ1) is 18.9. The number of alkyl halides is 3. The predicted octanol–water partition coefficient (Wildman–Crippen LogP) is 2.21. The SMILES string of the molecule is CO[C@@H]1C[C@H](S(=O)(=O)c2ccc(-c3cncc(S(C)(=O)=O)c3)cc2C(F)(F)F)C[C@@]1(C(=O)O)C1CC1(C#N)C(N)=O. The van der Waals surface area contributed by atoms with Crippen molar-refractivity contribution in [2.24, 2.45) is 22.5 Å². The highest BCUT2D eigenvalue weighted by Gasteiger charge is 2.75. The standard InChI is InChI=1S/C25H24F3N3O8S2/c1-39-20-7-15(8-24(20,22(33)34)19-9-23(19,12-29)21(30)32)41(37,38)18-4-3-13(6-17(18)25(26,27)28)14-5-16(11-31-10-14)40(2,35)36/h3-6,10-11,15,19-20H,7-9H2,1-2H3,(H2,30,32)(H,33,34)/t15-,19?,20+,23?,24+/m0/s1. The molecule has 1 heterocycles. The first-order valence-electron chi connectivity index (χ1n) is 11.9. The number of carboxylic acid groups (broad SMARTS) is 1. The maximum atomic E-state index is 14.2. The molecule has 220 valence electrons. The second kappa shape index (κ2) is 9.78.